The molecule has 0 radical (unpaired) electrons. The third-order valence-electron chi connectivity index (χ3n) is 3.95. The topological polar surface area (TPSA) is 84.0 Å². The van der Waals surface area contributed by atoms with Crippen LogP contribution >= 0.6 is 11.8 Å². The maximum absolute atomic E-state index is 12.1. The third kappa shape index (κ3) is 5.84. The number of aromatic nitrogens is 2. The predicted molar refractivity (Wildman–Crippen MR) is 104 cm³/mol. The minimum atomic E-state index is -0.105. The van der Waals surface area contributed by atoms with Gasteiger partial charge in [-0.15, -0.1) is 0 Å². The molecule has 0 saturated heterocycles. The molecule has 0 aliphatic carbocycles. The molecule has 26 heavy (non-hydrogen) atoms. The van der Waals surface area contributed by atoms with Gasteiger partial charge in [0.25, 0.3) is 0 Å². The van der Waals surface area contributed by atoms with Gasteiger partial charge in [0.15, 0.2) is 5.16 Å². The molecule has 138 valence electrons. The summed E-state index contributed by atoms with van der Waals surface area (Å²) in [6.45, 7) is 5.84. The van der Waals surface area contributed by atoms with Crippen molar-refractivity contribution >= 4 is 29.3 Å². The minimum absolute atomic E-state index is 0.0105. The maximum Gasteiger partial charge on any atom is 0.221 e. The molecule has 0 saturated carbocycles. The summed E-state index contributed by atoms with van der Waals surface area (Å²) < 4.78 is 0. The van der Waals surface area contributed by atoms with Gasteiger partial charge in [0, 0.05) is 37.0 Å². The van der Waals surface area contributed by atoms with E-state index in [1.54, 1.807) is 0 Å². The molecule has 0 aliphatic heterocycles. The lowest BCUT2D eigenvalue weighted by atomic mass is 10.1. The molecule has 2 aromatic rings. The Morgan fingerprint density at radius 3 is 2.23 bits per heavy atom. The van der Waals surface area contributed by atoms with Crippen molar-refractivity contribution in [3.8, 4) is 0 Å². The van der Waals surface area contributed by atoms with Crippen molar-refractivity contribution in [1.29, 1.82) is 0 Å². The number of carbonyl (C=O) groups excluding carboxylic acids is 2. The average Bonchev–Trinajstić information content (AvgIpc) is 2.59. The molecule has 7 heteroatoms. The SMILES string of the molecule is CSc1nc(C)c(CCC(=O)NCc2ccc(NC(C)=O)cc2)c(C)n1. The number of amides is 2. The van der Waals surface area contributed by atoms with E-state index in [0.29, 0.717) is 19.4 Å². The Kier molecular flexibility index (Phi) is 7.15. The molecule has 0 atom stereocenters. The first-order valence-electron chi connectivity index (χ1n) is 8.40. The quantitative estimate of drug-likeness (QED) is 0.576. The summed E-state index contributed by atoms with van der Waals surface area (Å²) in [4.78, 5) is 32.0. The van der Waals surface area contributed by atoms with Crippen LogP contribution in [0, 0.1) is 13.8 Å². The average molecular weight is 372 g/mol. The Balaban J connectivity index is 1.85. The largest absolute Gasteiger partial charge is 0.352 e. The molecule has 0 aliphatic rings. The number of thioether (sulfide) groups is 1. The van der Waals surface area contributed by atoms with Crippen LogP contribution < -0.4 is 10.6 Å². The first kappa shape index (κ1) is 19.9. The van der Waals surface area contributed by atoms with Crippen LogP contribution in [0.2, 0.25) is 0 Å². The number of aryl methyl sites for hydroxylation is 2. The number of hydrogen-bond acceptors (Lipinski definition) is 5. The van der Waals surface area contributed by atoms with E-state index in [1.165, 1.54) is 18.7 Å². The van der Waals surface area contributed by atoms with Gasteiger partial charge in [0.1, 0.15) is 0 Å². The molecular formula is C19H24N4O2S. The first-order valence-corrected chi connectivity index (χ1v) is 9.63. The summed E-state index contributed by atoms with van der Waals surface area (Å²) >= 11 is 1.52. The molecule has 2 amide bonds. The highest BCUT2D eigenvalue weighted by Gasteiger charge is 2.10. The maximum atomic E-state index is 12.1. The van der Waals surface area contributed by atoms with Crippen molar-refractivity contribution in [2.75, 3.05) is 11.6 Å². The van der Waals surface area contributed by atoms with E-state index in [2.05, 4.69) is 20.6 Å². The van der Waals surface area contributed by atoms with Crippen LogP contribution in [-0.2, 0) is 22.6 Å². The standard InChI is InChI=1S/C19H24N4O2S/c1-12-17(13(2)22-19(21-12)26-4)9-10-18(25)20-11-15-5-7-16(8-6-15)23-14(3)24/h5-8H,9-11H2,1-4H3,(H,20,25)(H,23,24). The number of hydrogen-bond donors (Lipinski definition) is 2. The van der Waals surface area contributed by atoms with Gasteiger partial charge < -0.3 is 10.6 Å². The van der Waals surface area contributed by atoms with Crippen LogP contribution in [0.1, 0.15) is 35.9 Å². The Morgan fingerprint density at radius 2 is 1.69 bits per heavy atom. The second kappa shape index (κ2) is 9.33. The molecular weight excluding hydrogens is 348 g/mol. The van der Waals surface area contributed by atoms with Crippen LogP contribution in [0.4, 0.5) is 5.69 Å². The Hall–Kier alpha value is -2.41. The van der Waals surface area contributed by atoms with Gasteiger partial charge in [-0.1, -0.05) is 23.9 Å². The first-order chi connectivity index (χ1) is 12.4. The van der Waals surface area contributed by atoms with E-state index in [0.717, 1.165) is 33.4 Å². The summed E-state index contributed by atoms with van der Waals surface area (Å²) in [5, 5.41) is 6.39. The predicted octanol–water partition coefficient (Wildman–Crippen LogP) is 3.02. The zero-order valence-corrected chi connectivity index (χ0v) is 16.4. The summed E-state index contributed by atoms with van der Waals surface area (Å²) in [6, 6.07) is 7.41. The molecule has 2 N–H and O–H groups in total. The Bertz CT molecular complexity index is 768. The molecule has 6 nitrogen and oxygen atoms in total. The summed E-state index contributed by atoms with van der Waals surface area (Å²) in [7, 11) is 0. The lowest BCUT2D eigenvalue weighted by Crippen LogP contribution is -2.23. The van der Waals surface area contributed by atoms with Gasteiger partial charge in [0.2, 0.25) is 11.8 Å². The Morgan fingerprint density at radius 1 is 1.08 bits per heavy atom. The molecule has 0 fully saturated rings. The van der Waals surface area contributed by atoms with Crippen molar-refractivity contribution in [3.63, 3.8) is 0 Å². The van der Waals surface area contributed by atoms with Gasteiger partial charge in [-0.3, -0.25) is 9.59 Å². The molecule has 0 unspecified atom stereocenters. The highest BCUT2D eigenvalue weighted by molar-refractivity contribution is 7.98. The van der Waals surface area contributed by atoms with Crippen molar-refractivity contribution in [3.05, 3.63) is 46.8 Å². The van der Waals surface area contributed by atoms with Gasteiger partial charge in [-0.05, 0) is 49.8 Å². The van der Waals surface area contributed by atoms with Gasteiger partial charge in [0.05, 0.1) is 0 Å². The van der Waals surface area contributed by atoms with Crippen LogP contribution in [0.25, 0.3) is 0 Å². The fourth-order valence-electron chi connectivity index (χ4n) is 2.60. The number of nitrogens with zero attached hydrogens (tertiary/aromatic N) is 2. The van der Waals surface area contributed by atoms with Crippen LogP contribution in [0.15, 0.2) is 29.4 Å². The molecule has 1 aromatic heterocycles. The van der Waals surface area contributed by atoms with E-state index >= 15 is 0 Å². The fourth-order valence-corrected chi connectivity index (χ4v) is 3.05. The van der Waals surface area contributed by atoms with Crippen molar-refractivity contribution in [2.24, 2.45) is 0 Å². The van der Waals surface area contributed by atoms with Crippen molar-refractivity contribution in [2.45, 2.75) is 45.3 Å². The molecule has 1 heterocycles. The normalized spacial score (nSPS) is 10.5. The van der Waals surface area contributed by atoms with E-state index in [1.807, 2.05) is 44.4 Å². The lowest BCUT2D eigenvalue weighted by molar-refractivity contribution is -0.121. The summed E-state index contributed by atoms with van der Waals surface area (Å²) in [5.74, 6) is -0.116. The molecule has 0 spiro atoms. The van der Waals surface area contributed by atoms with E-state index in [4.69, 9.17) is 0 Å². The van der Waals surface area contributed by atoms with Crippen LogP contribution in [0.5, 0.6) is 0 Å². The second-order valence-electron chi connectivity index (χ2n) is 6.01. The number of rotatable bonds is 7. The van der Waals surface area contributed by atoms with Crippen molar-refractivity contribution < 1.29 is 9.59 Å². The highest BCUT2D eigenvalue weighted by atomic mass is 32.2. The number of anilines is 1. The molecule has 0 bridgehead atoms. The third-order valence-corrected chi connectivity index (χ3v) is 4.50. The molecule has 2 rings (SSSR count). The zero-order chi connectivity index (χ0) is 19.1. The van der Waals surface area contributed by atoms with Crippen molar-refractivity contribution in [1.82, 2.24) is 15.3 Å². The molecule has 1 aromatic carbocycles. The van der Waals surface area contributed by atoms with Crippen LogP contribution in [0.3, 0.4) is 0 Å². The van der Waals surface area contributed by atoms with Crippen LogP contribution in [-0.4, -0.2) is 28.0 Å². The highest BCUT2D eigenvalue weighted by Crippen LogP contribution is 2.17. The van der Waals surface area contributed by atoms with Gasteiger partial charge in [-0.2, -0.15) is 0 Å². The number of nitrogens with one attached hydrogen (secondary N) is 2. The van der Waals surface area contributed by atoms with E-state index in [-0.39, 0.29) is 11.8 Å². The number of carbonyl (C=O) groups is 2. The summed E-state index contributed by atoms with van der Waals surface area (Å²) in [6.07, 6.45) is 2.97. The minimum Gasteiger partial charge on any atom is -0.352 e. The second-order valence-corrected chi connectivity index (χ2v) is 6.79. The fraction of sp³-hybridized carbons (Fsp3) is 0.368. The smallest absolute Gasteiger partial charge is 0.221 e. The summed E-state index contributed by atoms with van der Waals surface area (Å²) in [5.41, 5.74) is 4.63. The number of benzene rings is 1. The van der Waals surface area contributed by atoms with E-state index < -0.39 is 0 Å². The monoisotopic (exact) mass is 372 g/mol. The lowest BCUT2D eigenvalue weighted by Gasteiger charge is -2.10. The Labute approximate surface area is 158 Å². The zero-order valence-electron chi connectivity index (χ0n) is 15.5. The van der Waals surface area contributed by atoms with E-state index in [9.17, 15) is 9.59 Å². The van der Waals surface area contributed by atoms with Gasteiger partial charge in [-0.25, -0.2) is 9.97 Å². The van der Waals surface area contributed by atoms with Gasteiger partial charge >= 0.3 is 0 Å².